The topological polar surface area (TPSA) is 98.1 Å². The molecule has 0 amide bonds. The molecule has 0 aliphatic carbocycles. The fraction of sp³-hybridized carbons (Fsp3) is 0.0400. The summed E-state index contributed by atoms with van der Waals surface area (Å²) < 4.78 is 1.71. The van der Waals surface area contributed by atoms with Gasteiger partial charge in [-0.15, -0.1) is 5.10 Å². The minimum Gasteiger partial charge on any atom is -0.276 e. The van der Waals surface area contributed by atoms with Gasteiger partial charge in [0.25, 0.3) is 0 Å². The molecule has 6 aromatic rings. The normalized spacial score (nSPS) is 11.2. The van der Waals surface area contributed by atoms with Crippen LogP contribution in [0.2, 0.25) is 0 Å². The Bertz CT molecular complexity index is 1580. The van der Waals surface area contributed by atoms with Crippen LogP contribution in [0.15, 0.2) is 85.3 Å². The summed E-state index contributed by atoms with van der Waals surface area (Å²) in [4.78, 5) is 14.0. The smallest absolute Gasteiger partial charge is 0.113 e. The lowest BCUT2D eigenvalue weighted by molar-refractivity contribution is 0.801. The molecule has 1 aromatic carbocycles. The van der Waals surface area contributed by atoms with Crippen molar-refractivity contribution in [1.29, 1.82) is 0 Å². The summed E-state index contributed by atoms with van der Waals surface area (Å²) >= 11 is 0. The maximum Gasteiger partial charge on any atom is 0.113 e. The van der Waals surface area contributed by atoms with E-state index < -0.39 is 0 Å². The van der Waals surface area contributed by atoms with E-state index in [1.165, 1.54) is 0 Å². The van der Waals surface area contributed by atoms with Crippen LogP contribution in [0.3, 0.4) is 0 Å². The molecule has 0 saturated heterocycles. The van der Waals surface area contributed by atoms with Crippen LogP contribution < -0.4 is 0 Å². The molecule has 158 valence electrons. The van der Waals surface area contributed by atoms with Crippen molar-refractivity contribution in [3.05, 3.63) is 91.0 Å². The first-order valence-corrected chi connectivity index (χ1v) is 10.5. The van der Waals surface area contributed by atoms with Crippen molar-refractivity contribution in [3.8, 4) is 39.6 Å². The van der Waals surface area contributed by atoms with Gasteiger partial charge in [0.2, 0.25) is 0 Å². The van der Waals surface area contributed by atoms with Gasteiger partial charge in [-0.3, -0.25) is 15.1 Å². The Hall–Kier alpha value is -4.72. The van der Waals surface area contributed by atoms with Gasteiger partial charge in [-0.2, -0.15) is 5.10 Å². The minimum absolute atomic E-state index is 0.756. The lowest BCUT2D eigenvalue weighted by atomic mass is 10.1. The van der Waals surface area contributed by atoms with E-state index in [-0.39, 0.29) is 0 Å². The summed E-state index contributed by atoms with van der Waals surface area (Å²) in [7, 11) is 0. The first kappa shape index (κ1) is 19.0. The molecule has 0 bridgehead atoms. The highest BCUT2D eigenvalue weighted by atomic mass is 15.4. The van der Waals surface area contributed by atoms with Gasteiger partial charge >= 0.3 is 0 Å². The fourth-order valence-electron chi connectivity index (χ4n) is 3.76. The Morgan fingerprint density at radius 1 is 0.788 bits per heavy atom. The molecule has 5 aromatic heterocycles. The van der Waals surface area contributed by atoms with Gasteiger partial charge in [0.15, 0.2) is 0 Å². The summed E-state index contributed by atoms with van der Waals surface area (Å²) in [5.74, 6) is 0. The van der Waals surface area contributed by atoms with Crippen LogP contribution in [0, 0.1) is 6.92 Å². The van der Waals surface area contributed by atoms with Crippen molar-refractivity contribution < 1.29 is 0 Å². The summed E-state index contributed by atoms with van der Waals surface area (Å²) in [6, 6.07) is 21.7. The van der Waals surface area contributed by atoms with E-state index in [1.807, 2.05) is 79.9 Å². The molecule has 0 radical (unpaired) electrons. The van der Waals surface area contributed by atoms with E-state index in [0.29, 0.717) is 0 Å². The molecule has 0 unspecified atom stereocenters. The van der Waals surface area contributed by atoms with Crippen molar-refractivity contribution in [1.82, 2.24) is 40.1 Å². The van der Waals surface area contributed by atoms with E-state index in [4.69, 9.17) is 4.98 Å². The SMILES string of the molecule is Cc1cccc(-c2[nH]ncc2-c2ccc3ncc(-n4cc(-c5ccccc5)nn4)cc3n2)n1. The molecule has 0 atom stereocenters. The summed E-state index contributed by atoms with van der Waals surface area (Å²) in [6.07, 6.45) is 5.43. The number of hydrogen-bond donors (Lipinski definition) is 1. The molecule has 8 heteroatoms. The second-order valence-corrected chi connectivity index (χ2v) is 7.67. The highest BCUT2D eigenvalue weighted by Gasteiger charge is 2.14. The first-order chi connectivity index (χ1) is 16.2. The van der Waals surface area contributed by atoms with Crippen molar-refractivity contribution >= 4 is 11.0 Å². The predicted molar refractivity (Wildman–Crippen MR) is 125 cm³/mol. The van der Waals surface area contributed by atoms with Crippen LogP contribution in [-0.2, 0) is 0 Å². The number of H-pyrrole nitrogens is 1. The van der Waals surface area contributed by atoms with E-state index >= 15 is 0 Å². The van der Waals surface area contributed by atoms with E-state index in [9.17, 15) is 0 Å². The number of rotatable bonds is 4. The third-order valence-corrected chi connectivity index (χ3v) is 5.41. The number of hydrogen-bond acceptors (Lipinski definition) is 6. The fourth-order valence-corrected chi connectivity index (χ4v) is 3.76. The maximum absolute atomic E-state index is 4.87. The van der Waals surface area contributed by atoms with Gasteiger partial charge in [0.1, 0.15) is 5.69 Å². The van der Waals surface area contributed by atoms with Crippen LogP contribution in [-0.4, -0.2) is 40.1 Å². The third-order valence-electron chi connectivity index (χ3n) is 5.41. The number of nitrogens with zero attached hydrogens (tertiary/aromatic N) is 7. The lowest BCUT2D eigenvalue weighted by Crippen LogP contribution is -1.97. The van der Waals surface area contributed by atoms with E-state index in [2.05, 4.69) is 30.5 Å². The number of fused-ring (bicyclic) bond motifs is 1. The maximum atomic E-state index is 4.87. The Balaban J connectivity index is 1.39. The Morgan fingerprint density at radius 3 is 2.58 bits per heavy atom. The number of nitrogens with one attached hydrogen (secondary N) is 1. The monoisotopic (exact) mass is 430 g/mol. The van der Waals surface area contributed by atoms with Gasteiger partial charge in [0.05, 0.1) is 52.4 Å². The van der Waals surface area contributed by atoms with Crippen molar-refractivity contribution in [2.45, 2.75) is 6.92 Å². The molecule has 6 rings (SSSR count). The molecule has 1 N–H and O–H groups in total. The number of benzene rings is 1. The summed E-state index contributed by atoms with van der Waals surface area (Å²) in [6.45, 7) is 1.97. The number of aryl methyl sites for hydroxylation is 1. The molecule has 5 heterocycles. The summed E-state index contributed by atoms with van der Waals surface area (Å²) in [5.41, 5.74) is 8.41. The average Bonchev–Trinajstić information content (AvgIpc) is 3.54. The molecule has 0 saturated carbocycles. The van der Waals surface area contributed by atoms with Crippen LogP contribution in [0.4, 0.5) is 0 Å². The van der Waals surface area contributed by atoms with Crippen LogP contribution in [0.25, 0.3) is 50.6 Å². The molecule has 0 spiro atoms. The molecule has 0 aliphatic heterocycles. The second-order valence-electron chi connectivity index (χ2n) is 7.67. The highest BCUT2D eigenvalue weighted by Crippen LogP contribution is 2.29. The zero-order chi connectivity index (χ0) is 22.2. The van der Waals surface area contributed by atoms with Gasteiger partial charge < -0.3 is 0 Å². The Morgan fingerprint density at radius 2 is 1.70 bits per heavy atom. The quantitative estimate of drug-likeness (QED) is 0.438. The first-order valence-electron chi connectivity index (χ1n) is 10.5. The minimum atomic E-state index is 0.756. The second kappa shape index (κ2) is 7.76. The Labute approximate surface area is 189 Å². The predicted octanol–water partition coefficient (Wildman–Crippen LogP) is 4.64. The summed E-state index contributed by atoms with van der Waals surface area (Å²) in [5, 5.41) is 15.9. The molecular formula is C25H18N8. The van der Waals surface area contributed by atoms with Gasteiger partial charge in [-0.05, 0) is 37.3 Å². The highest BCUT2D eigenvalue weighted by molar-refractivity contribution is 5.83. The molecule has 0 aliphatic rings. The van der Waals surface area contributed by atoms with Gasteiger partial charge in [0, 0.05) is 16.8 Å². The van der Waals surface area contributed by atoms with Crippen molar-refractivity contribution in [3.63, 3.8) is 0 Å². The van der Waals surface area contributed by atoms with Gasteiger partial charge in [-0.25, -0.2) is 9.67 Å². The van der Waals surface area contributed by atoms with E-state index in [1.54, 1.807) is 17.1 Å². The molecule has 8 nitrogen and oxygen atoms in total. The van der Waals surface area contributed by atoms with Crippen LogP contribution >= 0.6 is 0 Å². The van der Waals surface area contributed by atoms with E-state index in [0.717, 1.165) is 56.3 Å². The zero-order valence-electron chi connectivity index (χ0n) is 17.7. The Kier molecular flexibility index (Phi) is 4.47. The lowest BCUT2D eigenvalue weighted by Gasteiger charge is -2.06. The number of aromatic nitrogens is 8. The third kappa shape index (κ3) is 3.53. The largest absolute Gasteiger partial charge is 0.276 e. The average molecular weight is 430 g/mol. The number of aromatic amines is 1. The molecule has 33 heavy (non-hydrogen) atoms. The molecule has 0 fully saturated rings. The van der Waals surface area contributed by atoms with Crippen molar-refractivity contribution in [2.24, 2.45) is 0 Å². The number of pyridine rings is 3. The molecular weight excluding hydrogens is 412 g/mol. The van der Waals surface area contributed by atoms with Crippen molar-refractivity contribution in [2.75, 3.05) is 0 Å². The standard InChI is InChI=1S/C25H18N8/c1-16-6-5-9-22(28-16)25-19(14-27-31-25)20-10-11-21-23(29-20)12-18(13-26-21)33-15-24(30-32-33)17-7-3-2-4-8-17/h2-15H,1H3,(H,27,31). The van der Waals surface area contributed by atoms with Crippen LogP contribution in [0.1, 0.15) is 5.69 Å². The zero-order valence-corrected chi connectivity index (χ0v) is 17.7. The van der Waals surface area contributed by atoms with Crippen LogP contribution in [0.5, 0.6) is 0 Å². The van der Waals surface area contributed by atoms with Gasteiger partial charge in [-0.1, -0.05) is 41.6 Å².